The Hall–Kier alpha value is -3.03. The van der Waals surface area contributed by atoms with Gasteiger partial charge < -0.3 is 15.9 Å². The van der Waals surface area contributed by atoms with Crippen LogP contribution in [0, 0.1) is 0 Å². The Bertz CT molecular complexity index is 760. The molecule has 5 nitrogen and oxygen atoms in total. The van der Waals surface area contributed by atoms with Crippen LogP contribution in [0.5, 0.6) is 0 Å². The number of amidine groups is 1. The number of alkyl halides is 3. The van der Waals surface area contributed by atoms with E-state index in [2.05, 4.69) is 10.5 Å². The maximum absolute atomic E-state index is 12.5. The highest BCUT2D eigenvalue weighted by molar-refractivity contribution is 5.94. The molecule has 1 atom stereocenters. The average molecular weight is 365 g/mol. The van der Waals surface area contributed by atoms with Gasteiger partial charge in [-0.15, -0.1) is 0 Å². The molecule has 0 aliphatic carbocycles. The minimum atomic E-state index is -4.43. The van der Waals surface area contributed by atoms with Crippen molar-refractivity contribution >= 4 is 17.4 Å². The van der Waals surface area contributed by atoms with Gasteiger partial charge in [0.05, 0.1) is 5.56 Å². The van der Waals surface area contributed by atoms with Crippen LogP contribution in [0.1, 0.15) is 18.1 Å². The third kappa shape index (κ3) is 5.80. The topological polar surface area (TPSA) is 76.7 Å². The molecule has 1 unspecified atom stereocenters. The van der Waals surface area contributed by atoms with E-state index in [0.717, 1.165) is 17.7 Å². The van der Waals surface area contributed by atoms with E-state index in [9.17, 15) is 18.0 Å². The van der Waals surface area contributed by atoms with Gasteiger partial charge in [-0.1, -0.05) is 35.5 Å². The molecule has 0 saturated carbocycles. The van der Waals surface area contributed by atoms with Gasteiger partial charge in [-0.2, -0.15) is 13.2 Å². The molecule has 0 heterocycles. The Kier molecular flexibility index (Phi) is 6.21. The van der Waals surface area contributed by atoms with Crippen LogP contribution >= 0.6 is 0 Å². The van der Waals surface area contributed by atoms with Crippen molar-refractivity contribution in [2.24, 2.45) is 10.9 Å². The van der Waals surface area contributed by atoms with Crippen LogP contribution in [0.4, 0.5) is 18.9 Å². The van der Waals surface area contributed by atoms with Crippen LogP contribution in [0.15, 0.2) is 59.8 Å². The SMILES string of the molecule is CC(O/N=C(/N)Cc1ccccc1)C(=O)Nc1ccc(C(F)(F)F)cc1. The molecule has 8 heteroatoms. The second kappa shape index (κ2) is 8.37. The highest BCUT2D eigenvalue weighted by atomic mass is 19.4. The van der Waals surface area contributed by atoms with Crippen molar-refractivity contribution in [1.82, 2.24) is 0 Å². The number of benzene rings is 2. The zero-order valence-corrected chi connectivity index (χ0v) is 14.0. The van der Waals surface area contributed by atoms with E-state index >= 15 is 0 Å². The number of nitrogens with zero attached hydrogens (tertiary/aromatic N) is 1. The van der Waals surface area contributed by atoms with Gasteiger partial charge in [-0.05, 0) is 36.8 Å². The number of nitrogens with one attached hydrogen (secondary N) is 1. The standard InChI is InChI=1S/C18H18F3N3O2/c1-12(26-24-16(22)11-13-5-3-2-4-6-13)17(25)23-15-9-7-14(8-10-15)18(19,20)21/h2-10,12H,11H2,1H3,(H2,22,24)(H,23,25). The van der Waals surface area contributed by atoms with Crippen molar-refractivity contribution in [3.8, 4) is 0 Å². The number of carbonyl (C=O) groups excluding carboxylic acids is 1. The van der Waals surface area contributed by atoms with Crippen molar-refractivity contribution in [2.45, 2.75) is 25.6 Å². The third-order valence-corrected chi connectivity index (χ3v) is 3.41. The molecule has 3 N–H and O–H groups in total. The maximum atomic E-state index is 12.5. The minimum Gasteiger partial charge on any atom is -0.384 e. The number of nitrogens with two attached hydrogens (primary N) is 1. The van der Waals surface area contributed by atoms with Crippen molar-refractivity contribution in [2.75, 3.05) is 5.32 Å². The maximum Gasteiger partial charge on any atom is 0.416 e. The first-order valence-corrected chi connectivity index (χ1v) is 7.76. The predicted octanol–water partition coefficient (Wildman–Crippen LogP) is 3.56. The van der Waals surface area contributed by atoms with E-state index in [0.29, 0.717) is 6.42 Å². The second-order valence-corrected chi connectivity index (χ2v) is 5.56. The normalized spacial score (nSPS) is 13.2. The molecule has 0 saturated heterocycles. The molecule has 138 valence electrons. The molecule has 2 rings (SSSR count). The summed E-state index contributed by atoms with van der Waals surface area (Å²) in [6.45, 7) is 1.46. The van der Waals surface area contributed by atoms with Gasteiger partial charge in [0, 0.05) is 12.1 Å². The fourth-order valence-electron chi connectivity index (χ4n) is 2.02. The smallest absolute Gasteiger partial charge is 0.384 e. The summed E-state index contributed by atoms with van der Waals surface area (Å²) in [5, 5.41) is 6.17. The lowest BCUT2D eigenvalue weighted by Gasteiger charge is -2.12. The highest BCUT2D eigenvalue weighted by Gasteiger charge is 2.30. The lowest BCUT2D eigenvalue weighted by molar-refractivity contribution is -0.137. The molecule has 0 spiro atoms. The summed E-state index contributed by atoms with van der Waals surface area (Å²) >= 11 is 0. The first-order chi connectivity index (χ1) is 12.3. The molecule has 26 heavy (non-hydrogen) atoms. The number of anilines is 1. The quantitative estimate of drug-likeness (QED) is 0.467. The van der Waals surface area contributed by atoms with Gasteiger partial charge in [0.25, 0.3) is 5.91 Å². The van der Waals surface area contributed by atoms with Gasteiger partial charge in [-0.25, -0.2) is 0 Å². The third-order valence-electron chi connectivity index (χ3n) is 3.41. The summed E-state index contributed by atoms with van der Waals surface area (Å²) in [7, 11) is 0. The Balaban J connectivity index is 1.88. The summed E-state index contributed by atoms with van der Waals surface area (Å²) in [5.41, 5.74) is 6.12. The van der Waals surface area contributed by atoms with Gasteiger partial charge in [0.1, 0.15) is 5.84 Å². The fourth-order valence-corrected chi connectivity index (χ4v) is 2.02. The van der Waals surface area contributed by atoms with Crippen LogP contribution in [-0.2, 0) is 22.2 Å². The summed E-state index contributed by atoms with van der Waals surface area (Å²) in [5.74, 6) is -0.355. The van der Waals surface area contributed by atoms with E-state index in [1.54, 1.807) is 0 Å². The second-order valence-electron chi connectivity index (χ2n) is 5.56. The molecule has 0 aromatic heterocycles. The van der Waals surface area contributed by atoms with Crippen molar-refractivity contribution in [3.63, 3.8) is 0 Å². The van der Waals surface area contributed by atoms with Crippen LogP contribution in [-0.4, -0.2) is 17.8 Å². The summed E-state index contributed by atoms with van der Waals surface area (Å²) in [6, 6.07) is 13.5. The monoisotopic (exact) mass is 365 g/mol. The van der Waals surface area contributed by atoms with E-state index < -0.39 is 23.8 Å². The average Bonchev–Trinajstić information content (AvgIpc) is 2.60. The van der Waals surface area contributed by atoms with Gasteiger partial charge >= 0.3 is 6.18 Å². The van der Waals surface area contributed by atoms with Crippen molar-refractivity contribution in [1.29, 1.82) is 0 Å². The molecule has 0 aliphatic rings. The molecular weight excluding hydrogens is 347 g/mol. The molecule has 0 fully saturated rings. The zero-order chi connectivity index (χ0) is 19.2. The Morgan fingerprint density at radius 1 is 1.15 bits per heavy atom. The molecule has 2 aromatic rings. The van der Waals surface area contributed by atoms with E-state index in [1.165, 1.54) is 19.1 Å². The summed E-state index contributed by atoms with van der Waals surface area (Å²) < 4.78 is 37.5. The van der Waals surface area contributed by atoms with Crippen LogP contribution in [0.25, 0.3) is 0 Å². The number of hydrogen-bond donors (Lipinski definition) is 2. The van der Waals surface area contributed by atoms with Crippen LogP contribution in [0.3, 0.4) is 0 Å². The predicted molar refractivity (Wildman–Crippen MR) is 92.4 cm³/mol. The number of oxime groups is 1. The van der Waals surface area contributed by atoms with E-state index in [1.807, 2.05) is 30.3 Å². The number of hydrogen-bond acceptors (Lipinski definition) is 3. The number of halogens is 3. The van der Waals surface area contributed by atoms with Crippen LogP contribution in [0.2, 0.25) is 0 Å². The number of rotatable bonds is 6. The van der Waals surface area contributed by atoms with Crippen molar-refractivity contribution < 1.29 is 22.8 Å². The van der Waals surface area contributed by atoms with E-state index in [-0.39, 0.29) is 11.5 Å². The molecule has 2 aromatic carbocycles. The highest BCUT2D eigenvalue weighted by Crippen LogP contribution is 2.29. The van der Waals surface area contributed by atoms with Gasteiger partial charge in [-0.3, -0.25) is 4.79 Å². The van der Waals surface area contributed by atoms with Crippen molar-refractivity contribution in [3.05, 3.63) is 65.7 Å². The molecular formula is C18H18F3N3O2. The largest absolute Gasteiger partial charge is 0.416 e. The van der Waals surface area contributed by atoms with Gasteiger partial charge in [0.15, 0.2) is 0 Å². The van der Waals surface area contributed by atoms with E-state index in [4.69, 9.17) is 10.6 Å². The first kappa shape index (κ1) is 19.3. The fraction of sp³-hybridized carbons (Fsp3) is 0.222. The zero-order valence-electron chi connectivity index (χ0n) is 14.0. The Morgan fingerprint density at radius 2 is 1.77 bits per heavy atom. The Morgan fingerprint density at radius 3 is 2.35 bits per heavy atom. The number of amides is 1. The molecule has 1 amide bonds. The molecule has 0 radical (unpaired) electrons. The number of carbonyl (C=O) groups is 1. The lowest BCUT2D eigenvalue weighted by atomic mass is 10.1. The molecule has 0 bridgehead atoms. The molecule has 0 aliphatic heterocycles. The van der Waals surface area contributed by atoms with Crippen LogP contribution < -0.4 is 11.1 Å². The first-order valence-electron chi connectivity index (χ1n) is 7.76. The summed E-state index contributed by atoms with van der Waals surface area (Å²) in [6.07, 6.45) is -5.02. The minimum absolute atomic E-state index is 0.199. The van der Waals surface area contributed by atoms with Gasteiger partial charge in [0.2, 0.25) is 6.10 Å². The summed E-state index contributed by atoms with van der Waals surface area (Å²) in [4.78, 5) is 17.1. The Labute approximate surface area is 148 Å². The lowest BCUT2D eigenvalue weighted by Crippen LogP contribution is -2.27.